The number of hydrogen-bond donors (Lipinski definition) is 1. The second-order valence-electron chi connectivity index (χ2n) is 6.29. The predicted molar refractivity (Wildman–Crippen MR) is 90.7 cm³/mol. The molecule has 1 aliphatic rings. The normalized spacial score (nSPS) is 22.5. The topological polar surface area (TPSA) is 66.5 Å². The van der Waals surface area contributed by atoms with Gasteiger partial charge in [0.05, 0.1) is 4.90 Å². The number of hydrogen-bond acceptors (Lipinski definition) is 3. The average molecular weight is 336 g/mol. The van der Waals surface area contributed by atoms with Gasteiger partial charge < -0.3 is 5.32 Å². The van der Waals surface area contributed by atoms with Crippen LogP contribution in [0.1, 0.15) is 30.6 Å². The van der Waals surface area contributed by atoms with Crippen molar-refractivity contribution in [3.8, 4) is 0 Å². The van der Waals surface area contributed by atoms with E-state index in [1.807, 2.05) is 0 Å². The Hall–Kier alpha value is -1.66. The van der Waals surface area contributed by atoms with Gasteiger partial charge in [0.15, 0.2) is 0 Å². The summed E-state index contributed by atoms with van der Waals surface area (Å²) in [6, 6.07) is 6.09. The molecule has 1 aliphatic heterocycles. The molecule has 5 nitrogen and oxygen atoms in total. The summed E-state index contributed by atoms with van der Waals surface area (Å²) in [6.45, 7) is 9.16. The van der Waals surface area contributed by atoms with Crippen molar-refractivity contribution in [2.45, 2.75) is 25.2 Å². The molecule has 2 atom stereocenters. The van der Waals surface area contributed by atoms with Crippen molar-refractivity contribution in [2.75, 3.05) is 19.6 Å². The van der Waals surface area contributed by atoms with E-state index in [1.54, 1.807) is 22.5 Å². The lowest BCUT2D eigenvalue weighted by Crippen LogP contribution is -2.42. The molecule has 1 amide bonds. The van der Waals surface area contributed by atoms with Gasteiger partial charge >= 0.3 is 0 Å². The van der Waals surface area contributed by atoms with Gasteiger partial charge in [0.25, 0.3) is 5.91 Å². The van der Waals surface area contributed by atoms with E-state index in [0.717, 1.165) is 6.42 Å². The zero-order valence-corrected chi connectivity index (χ0v) is 14.5. The van der Waals surface area contributed by atoms with Gasteiger partial charge in [-0.3, -0.25) is 4.79 Å². The number of nitrogens with zero attached hydrogens (tertiary/aromatic N) is 1. The van der Waals surface area contributed by atoms with E-state index < -0.39 is 10.0 Å². The summed E-state index contributed by atoms with van der Waals surface area (Å²) in [6.07, 6.45) is 2.64. The van der Waals surface area contributed by atoms with Crippen molar-refractivity contribution in [2.24, 2.45) is 11.8 Å². The van der Waals surface area contributed by atoms with Crippen LogP contribution in [-0.4, -0.2) is 38.3 Å². The lowest BCUT2D eigenvalue weighted by molar-refractivity contribution is 0.0958. The molecule has 1 fully saturated rings. The van der Waals surface area contributed by atoms with E-state index in [0.29, 0.717) is 37.0 Å². The molecule has 6 heteroatoms. The predicted octanol–water partition coefficient (Wildman–Crippen LogP) is 2.27. The van der Waals surface area contributed by atoms with Crippen LogP contribution in [0.2, 0.25) is 0 Å². The molecule has 1 N–H and O–H groups in total. The third-order valence-electron chi connectivity index (χ3n) is 4.00. The van der Waals surface area contributed by atoms with Crippen molar-refractivity contribution in [3.63, 3.8) is 0 Å². The van der Waals surface area contributed by atoms with Crippen molar-refractivity contribution >= 4 is 15.9 Å². The molecule has 23 heavy (non-hydrogen) atoms. The van der Waals surface area contributed by atoms with Crippen molar-refractivity contribution in [1.29, 1.82) is 0 Å². The number of carbonyl (C=O) groups is 1. The van der Waals surface area contributed by atoms with Crippen LogP contribution in [0.4, 0.5) is 0 Å². The van der Waals surface area contributed by atoms with Crippen LogP contribution in [0.15, 0.2) is 41.8 Å². The molecule has 1 aromatic carbocycles. The molecule has 0 radical (unpaired) electrons. The molecule has 126 valence electrons. The summed E-state index contributed by atoms with van der Waals surface area (Å²) in [4.78, 5) is 12.1. The third kappa shape index (κ3) is 4.20. The van der Waals surface area contributed by atoms with Crippen LogP contribution in [0.3, 0.4) is 0 Å². The van der Waals surface area contributed by atoms with Crippen molar-refractivity contribution in [3.05, 3.63) is 42.5 Å². The van der Waals surface area contributed by atoms with Gasteiger partial charge in [0.2, 0.25) is 10.0 Å². The van der Waals surface area contributed by atoms with E-state index in [4.69, 9.17) is 0 Å². The Balaban J connectivity index is 2.17. The van der Waals surface area contributed by atoms with Gasteiger partial charge in [-0.2, -0.15) is 4.31 Å². The first-order valence-electron chi connectivity index (χ1n) is 7.84. The number of rotatable bonds is 5. The molecule has 0 bridgehead atoms. The number of sulfonamides is 1. The van der Waals surface area contributed by atoms with Gasteiger partial charge in [-0.1, -0.05) is 19.9 Å². The van der Waals surface area contributed by atoms with E-state index in [1.165, 1.54) is 12.1 Å². The van der Waals surface area contributed by atoms with Crippen LogP contribution >= 0.6 is 0 Å². The highest BCUT2D eigenvalue weighted by Crippen LogP contribution is 2.26. The fourth-order valence-corrected chi connectivity index (χ4v) is 4.68. The smallest absolute Gasteiger partial charge is 0.251 e. The summed E-state index contributed by atoms with van der Waals surface area (Å²) < 4.78 is 27.0. The first-order chi connectivity index (χ1) is 10.8. The summed E-state index contributed by atoms with van der Waals surface area (Å²) >= 11 is 0. The lowest BCUT2D eigenvalue weighted by atomic mass is 9.94. The van der Waals surface area contributed by atoms with Crippen LogP contribution in [-0.2, 0) is 10.0 Å². The Kier molecular flexibility index (Phi) is 5.59. The average Bonchev–Trinajstić information content (AvgIpc) is 2.51. The van der Waals surface area contributed by atoms with Gasteiger partial charge in [-0.25, -0.2) is 8.42 Å². The molecule has 1 aromatic rings. The monoisotopic (exact) mass is 336 g/mol. The lowest BCUT2D eigenvalue weighted by Gasteiger charge is -2.34. The zero-order chi connectivity index (χ0) is 17.0. The number of benzene rings is 1. The minimum atomic E-state index is -3.50. The number of piperidine rings is 1. The summed E-state index contributed by atoms with van der Waals surface area (Å²) in [7, 11) is -3.50. The highest BCUT2D eigenvalue weighted by Gasteiger charge is 2.31. The van der Waals surface area contributed by atoms with E-state index in [9.17, 15) is 13.2 Å². The van der Waals surface area contributed by atoms with Crippen LogP contribution in [0.5, 0.6) is 0 Å². The Labute approximate surface area is 138 Å². The molecule has 0 aliphatic carbocycles. The number of carbonyl (C=O) groups excluding carboxylic acids is 1. The summed E-state index contributed by atoms with van der Waals surface area (Å²) in [5.74, 6) is 0.476. The van der Waals surface area contributed by atoms with Gasteiger partial charge in [0, 0.05) is 25.2 Å². The quantitative estimate of drug-likeness (QED) is 0.839. The summed E-state index contributed by atoms with van der Waals surface area (Å²) in [5, 5.41) is 2.66. The van der Waals surface area contributed by atoms with Crippen LogP contribution in [0, 0.1) is 11.8 Å². The molecular formula is C17H24N2O3S. The molecule has 0 saturated carbocycles. The first-order valence-corrected chi connectivity index (χ1v) is 9.28. The minimum Gasteiger partial charge on any atom is -0.349 e. The Morgan fingerprint density at radius 3 is 2.35 bits per heavy atom. The van der Waals surface area contributed by atoms with Gasteiger partial charge in [-0.05, 0) is 42.5 Å². The molecule has 0 aromatic heterocycles. The SMILES string of the molecule is C=CCNC(=O)c1ccc(S(=O)(=O)N2C[C@H](C)C[C@H](C)C2)cc1. The van der Waals surface area contributed by atoms with Crippen molar-refractivity contribution < 1.29 is 13.2 Å². The molecule has 0 spiro atoms. The highest BCUT2D eigenvalue weighted by atomic mass is 32.2. The largest absolute Gasteiger partial charge is 0.349 e. The van der Waals surface area contributed by atoms with E-state index in [2.05, 4.69) is 25.7 Å². The summed E-state index contributed by atoms with van der Waals surface area (Å²) in [5.41, 5.74) is 0.436. The molecule has 1 saturated heterocycles. The number of amides is 1. The van der Waals surface area contributed by atoms with Crippen molar-refractivity contribution in [1.82, 2.24) is 9.62 Å². The Morgan fingerprint density at radius 2 is 1.83 bits per heavy atom. The third-order valence-corrected chi connectivity index (χ3v) is 5.84. The standard InChI is InChI=1S/C17H24N2O3S/c1-4-9-18-17(20)15-5-7-16(8-6-15)23(21,22)19-11-13(2)10-14(3)12-19/h4-8,13-14H,1,9-12H2,2-3H3,(H,18,20)/t13-,14+. The van der Waals surface area contributed by atoms with E-state index in [-0.39, 0.29) is 10.8 Å². The van der Waals surface area contributed by atoms with Crippen LogP contribution < -0.4 is 5.32 Å². The fourth-order valence-electron chi connectivity index (χ4n) is 3.00. The maximum absolute atomic E-state index is 12.7. The first kappa shape index (κ1) is 17.7. The fraction of sp³-hybridized carbons (Fsp3) is 0.471. The molecule has 1 heterocycles. The Bertz CT molecular complexity index is 658. The van der Waals surface area contributed by atoms with Gasteiger partial charge in [-0.15, -0.1) is 6.58 Å². The second-order valence-corrected chi connectivity index (χ2v) is 8.23. The number of nitrogens with one attached hydrogen (secondary N) is 1. The van der Waals surface area contributed by atoms with Gasteiger partial charge in [0.1, 0.15) is 0 Å². The maximum atomic E-state index is 12.7. The molecule has 0 unspecified atom stereocenters. The molecular weight excluding hydrogens is 312 g/mol. The van der Waals surface area contributed by atoms with E-state index >= 15 is 0 Å². The zero-order valence-electron chi connectivity index (χ0n) is 13.7. The Morgan fingerprint density at radius 1 is 1.26 bits per heavy atom. The second kappa shape index (κ2) is 7.27. The minimum absolute atomic E-state index is 0.235. The van der Waals surface area contributed by atoms with Crippen LogP contribution in [0.25, 0.3) is 0 Å². The molecule has 2 rings (SSSR count). The highest BCUT2D eigenvalue weighted by molar-refractivity contribution is 7.89. The maximum Gasteiger partial charge on any atom is 0.251 e.